The van der Waals surface area contributed by atoms with E-state index in [2.05, 4.69) is 20.1 Å². The molecule has 0 radical (unpaired) electrons. The third-order valence-corrected chi connectivity index (χ3v) is 2.65. The molecule has 1 N–H and O–H groups in total. The van der Waals surface area contributed by atoms with Gasteiger partial charge < -0.3 is 5.11 Å². The van der Waals surface area contributed by atoms with Crippen LogP contribution in [0.4, 0.5) is 0 Å². The van der Waals surface area contributed by atoms with E-state index in [1.807, 2.05) is 20.8 Å². The zero-order chi connectivity index (χ0) is 13.1. The van der Waals surface area contributed by atoms with Crippen molar-refractivity contribution in [2.24, 2.45) is 0 Å². The smallest absolute Gasteiger partial charge is 0.138 e. The molecule has 0 saturated carbocycles. The minimum Gasteiger partial charge on any atom is -0.386 e. The third-order valence-electron chi connectivity index (χ3n) is 2.65. The summed E-state index contributed by atoms with van der Waals surface area (Å²) in [4.78, 5) is 12.4. The first-order valence-electron chi connectivity index (χ1n) is 5.93. The van der Waals surface area contributed by atoms with Gasteiger partial charge in [-0.15, -0.1) is 0 Å². The van der Waals surface area contributed by atoms with E-state index < -0.39 is 6.10 Å². The van der Waals surface area contributed by atoms with Gasteiger partial charge in [0.05, 0.1) is 17.6 Å². The minimum absolute atomic E-state index is 0.221. The van der Waals surface area contributed by atoms with Crippen molar-refractivity contribution in [3.8, 4) is 0 Å². The fourth-order valence-corrected chi connectivity index (χ4v) is 1.70. The zero-order valence-corrected chi connectivity index (χ0v) is 10.8. The average molecular weight is 247 g/mol. The Bertz CT molecular complexity index is 505. The van der Waals surface area contributed by atoms with Crippen molar-refractivity contribution in [1.29, 1.82) is 0 Å². The molecule has 96 valence electrons. The highest BCUT2D eigenvalue weighted by Gasteiger charge is 2.15. The second-order valence-electron chi connectivity index (χ2n) is 4.52. The van der Waals surface area contributed by atoms with Crippen LogP contribution in [0.25, 0.3) is 0 Å². The van der Waals surface area contributed by atoms with Crippen LogP contribution in [0.15, 0.2) is 18.7 Å². The second-order valence-corrected chi connectivity index (χ2v) is 4.52. The van der Waals surface area contributed by atoms with Gasteiger partial charge in [0.25, 0.3) is 0 Å². The Labute approximate surface area is 106 Å². The van der Waals surface area contributed by atoms with Gasteiger partial charge in [0.1, 0.15) is 18.3 Å². The van der Waals surface area contributed by atoms with Crippen molar-refractivity contribution in [2.75, 3.05) is 0 Å². The number of rotatable bonds is 4. The molecule has 2 aromatic rings. The van der Waals surface area contributed by atoms with Crippen molar-refractivity contribution in [3.63, 3.8) is 0 Å². The topological polar surface area (TPSA) is 76.7 Å². The molecule has 2 heterocycles. The summed E-state index contributed by atoms with van der Waals surface area (Å²) in [6.45, 7) is 5.91. The highest BCUT2D eigenvalue weighted by molar-refractivity contribution is 5.06. The lowest BCUT2D eigenvalue weighted by Gasteiger charge is -2.12. The van der Waals surface area contributed by atoms with Crippen LogP contribution in [0.5, 0.6) is 0 Å². The largest absolute Gasteiger partial charge is 0.386 e. The maximum atomic E-state index is 10.1. The van der Waals surface area contributed by atoms with Gasteiger partial charge in [-0.25, -0.2) is 9.67 Å². The van der Waals surface area contributed by atoms with Crippen LogP contribution in [0.3, 0.4) is 0 Å². The van der Waals surface area contributed by atoms with Gasteiger partial charge in [0, 0.05) is 18.7 Å². The number of aliphatic hydroxyl groups is 1. The van der Waals surface area contributed by atoms with Crippen LogP contribution in [-0.4, -0.2) is 29.8 Å². The highest BCUT2D eigenvalue weighted by atomic mass is 16.3. The maximum absolute atomic E-state index is 10.1. The van der Waals surface area contributed by atoms with Gasteiger partial charge in [0.15, 0.2) is 0 Å². The van der Waals surface area contributed by atoms with Crippen molar-refractivity contribution in [1.82, 2.24) is 24.7 Å². The summed E-state index contributed by atoms with van der Waals surface area (Å²) in [6, 6.07) is 0.221. The number of nitrogens with zero attached hydrogens (tertiary/aromatic N) is 5. The van der Waals surface area contributed by atoms with Gasteiger partial charge in [0.2, 0.25) is 0 Å². The fourth-order valence-electron chi connectivity index (χ4n) is 1.70. The van der Waals surface area contributed by atoms with Crippen LogP contribution in [0.2, 0.25) is 0 Å². The monoisotopic (exact) mass is 247 g/mol. The van der Waals surface area contributed by atoms with E-state index in [1.54, 1.807) is 17.1 Å². The summed E-state index contributed by atoms with van der Waals surface area (Å²) < 4.78 is 1.80. The van der Waals surface area contributed by atoms with E-state index in [9.17, 15) is 5.11 Å². The normalized spacial score (nSPS) is 12.9. The highest BCUT2D eigenvalue weighted by Crippen LogP contribution is 2.16. The van der Waals surface area contributed by atoms with Gasteiger partial charge >= 0.3 is 0 Å². The van der Waals surface area contributed by atoms with Crippen molar-refractivity contribution < 1.29 is 5.11 Å². The van der Waals surface area contributed by atoms with Gasteiger partial charge in [-0.05, 0) is 20.8 Å². The number of aliphatic hydroxyl groups excluding tert-OH is 1. The lowest BCUT2D eigenvalue weighted by molar-refractivity contribution is 0.168. The molecule has 18 heavy (non-hydrogen) atoms. The van der Waals surface area contributed by atoms with Crippen LogP contribution in [0, 0.1) is 6.92 Å². The first-order valence-corrected chi connectivity index (χ1v) is 5.93. The van der Waals surface area contributed by atoms with Crippen molar-refractivity contribution in [2.45, 2.75) is 39.3 Å². The molecule has 1 atom stereocenters. The second kappa shape index (κ2) is 5.22. The van der Waals surface area contributed by atoms with E-state index in [0.29, 0.717) is 12.1 Å². The lowest BCUT2D eigenvalue weighted by Crippen LogP contribution is -2.13. The first-order chi connectivity index (χ1) is 8.58. The number of aryl methyl sites for hydroxylation is 1. The van der Waals surface area contributed by atoms with Crippen LogP contribution in [0.1, 0.15) is 43.2 Å². The van der Waals surface area contributed by atoms with Crippen LogP contribution in [-0.2, 0) is 6.42 Å². The Kier molecular flexibility index (Phi) is 3.66. The summed E-state index contributed by atoms with van der Waals surface area (Å²) in [6.07, 6.45) is 4.42. The van der Waals surface area contributed by atoms with Crippen molar-refractivity contribution >= 4 is 0 Å². The fraction of sp³-hybridized carbons (Fsp3) is 0.500. The SMILES string of the molecule is Cc1cnc(C(O)Cc2ncnn2C(C)C)cn1. The molecular formula is C12H17N5O. The Hall–Kier alpha value is -1.82. The van der Waals surface area contributed by atoms with E-state index >= 15 is 0 Å². The molecule has 2 aromatic heterocycles. The van der Waals surface area contributed by atoms with Gasteiger partial charge in [-0.1, -0.05) is 0 Å². The standard InChI is InChI=1S/C12H17N5O/c1-8(2)17-12(15-7-16-17)4-11(18)10-6-13-9(3)5-14-10/h5-8,11,18H,4H2,1-3H3. The molecule has 0 fully saturated rings. The molecule has 0 aromatic carbocycles. The summed E-state index contributed by atoms with van der Waals surface area (Å²) in [5.41, 5.74) is 1.38. The lowest BCUT2D eigenvalue weighted by atomic mass is 10.2. The average Bonchev–Trinajstić information content (AvgIpc) is 2.78. The summed E-state index contributed by atoms with van der Waals surface area (Å²) in [5.74, 6) is 0.750. The molecule has 0 bridgehead atoms. The molecule has 0 aliphatic carbocycles. The predicted octanol–water partition coefficient (Wildman–Crippen LogP) is 1.23. The molecule has 0 aliphatic heterocycles. The molecular weight excluding hydrogens is 230 g/mol. The van der Waals surface area contributed by atoms with Gasteiger partial charge in [-0.3, -0.25) is 9.97 Å². The summed E-state index contributed by atoms with van der Waals surface area (Å²) in [7, 11) is 0. The van der Waals surface area contributed by atoms with E-state index in [4.69, 9.17) is 0 Å². The molecule has 0 aliphatic rings. The first kappa shape index (κ1) is 12.6. The van der Waals surface area contributed by atoms with E-state index in [-0.39, 0.29) is 6.04 Å². The van der Waals surface area contributed by atoms with Crippen LogP contribution < -0.4 is 0 Å². The quantitative estimate of drug-likeness (QED) is 0.879. The number of aromatic nitrogens is 5. The molecule has 0 amide bonds. The molecule has 6 heteroatoms. The molecule has 2 rings (SSSR count). The Balaban J connectivity index is 2.13. The Morgan fingerprint density at radius 2 is 2.00 bits per heavy atom. The molecule has 0 spiro atoms. The third kappa shape index (κ3) is 2.70. The molecule has 1 unspecified atom stereocenters. The van der Waals surface area contributed by atoms with Crippen molar-refractivity contribution in [3.05, 3.63) is 35.9 Å². The summed E-state index contributed by atoms with van der Waals surface area (Å²) in [5, 5.41) is 14.2. The Morgan fingerprint density at radius 1 is 1.22 bits per heavy atom. The zero-order valence-electron chi connectivity index (χ0n) is 10.8. The summed E-state index contributed by atoms with van der Waals surface area (Å²) >= 11 is 0. The number of hydrogen-bond donors (Lipinski definition) is 1. The van der Waals surface area contributed by atoms with E-state index in [1.165, 1.54) is 6.33 Å². The Morgan fingerprint density at radius 3 is 2.61 bits per heavy atom. The van der Waals surface area contributed by atoms with E-state index in [0.717, 1.165) is 11.5 Å². The maximum Gasteiger partial charge on any atom is 0.138 e. The molecule has 0 saturated heterocycles. The molecule has 6 nitrogen and oxygen atoms in total. The van der Waals surface area contributed by atoms with Gasteiger partial charge in [-0.2, -0.15) is 5.10 Å². The van der Waals surface area contributed by atoms with Crippen LogP contribution >= 0.6 is 0 Å². The number of hydrogen-bond acceptors (Lipinski definition) is 5. The predicted molar refractivity (Wildman–Crippen MR) is 65.8 cm³/mol. The minimum atomic E-state index is -0.709.